The zero-order valence-electron chi connectivity index (χ0n) is 17.7. The van der Waals surface area contributed by atoms with Gasteiger partial charge in [0.25, 0.3) is 0 Å². The number of aromatic hydroxyl groups is 1. The minimum absolute atomic E-state index is 0.00747. The lowest BCUT2D eigenvalue weighted by atomic mass is 9.80. The standard InChI is InChI=1S/C28H19Br2NO2/c1-14-23(20-11-10-15-6-2-3-7-17(15)27(20)32)18-8-4-5-9-19(18)24(14)25-21-12-16(29)13-22(30)26(21)31-28(25)33/h2-13,24-25,32H,1H3,(H,31,33). The molecule has 4 aromatic carbocycles. The number of nitrogens with one attached hydrogen (secondary N) is 1. The number of carbonyl (C=O) groups excluding carboxylic acids is 1. The van der Waals surface area contributed by atoms with E-state index in [-0.39, 0.29) is 23.5 Å². The third-order valence-corrected chi connectivity index (χ3v) is 7.96. The third kappa shape index (κ3) is 3.02. The zero-order valence-corrected chi connectivity index (χ0v) is 20.9. The maximum absolute atomic E-state index is 13.3. The Bertz CT molecular complexity index is 1520. The molecule has 2 atom stereocenters. The van der Waals surface area contributed by atoms with Crippen molar-refractivity contribution in [2.75, 3.05) is 5.32 Å². The maximum Gasteiger partial charge on any atom is 0.232 e. The summed E-state index contributed by atoms with van der Waals surface area (Å²) in [5, 5.41) is 16.2. The summed E-state index contributed by atoms with van der Waals surface area (Å²) in [5.74, 6) is -0.203. The molecule has 4 aromatic rings. The van der Waals surface area contributed by atoms with Gasteiger partial charge >= 0.3 is 0 Å². The lowest BCUT2D eigenvalue weighted by Crippen LogP contribution is -2.19. The summed E-state index contributed by atoms with van der Waals surface area (Å²) in [6, 6.07) is 24.1. The van der Waals surface area contributed by atoms with Crippen LogP contribution in [0.2, 0.25) is 0 Å². The van der Waals surface area contributed by atoms with Crippen LogP contribution in [0.4, 0.5) is 5.69 Å². The Morgan fingerprint density at radius 1 is 0.848 bits per heavy atom. The van der Waals surface area contributed by atoms with Crippen LogP contribution >= 0.6 is 31.9 Å². The molecule has 6 rings (SSSR count). The first-order valence-corrected chi connectivity index (χ1v) is 12.3. The van der Waals surface area contributed by atoms with Crippen LogP contribution in [0.3, 0.4) is 0 Å². The van der Waals surface area contributed by atoms with Gasteiger partial charge in [-0.05, 0) is 62.6 Å². The first-order chi connectivity index (χ1) is 16.0. The minimum Gasteiger partial charge on any atom is -0.507 e. The topological polar surface area (TPSA) is 49.3 Å². The second-order valence-corrected chi connectivity index (χ2v) is 10.4. The highest BCUT2D eigenvalue weighted by atomic mass is 79.9. The molecule has 0 radical (unpaired) electrons. The number of hydrogen-bond donors (Lipinski definition) is 2. The SMILES string of the molecule is CC1=C(c2ccc3ccccc3c2O)c2ccccc2C1C1C(=O)Nc2c(Br)cc(Br)cc21. The van der Waals surface area contributed by atoms with Crippen LogP contribution in [0.25, 0.3) is 16.3 Å². The highest BCUT2D eigenvalue weighted by molar-refractivity contribution is 9.11. The molecule has 1 amide bonds. The molecule has 33 heavy (non-hydrogen) atoms. The first kappa shape index (κ1) is 20.7. The van der Waals surface area contributed by atoms with Gasteiger partial charge in [-0.3, -0.25) is 4.79 Å². The molecule has 0 bridgehead atoms. The van der Waals surface area contributed by atoms with Crippen LogP contribution in [0.1, 0.15) is 41.0 Å². The lowest BCUT2D eigenvalue weighted by molar-refractivity contribution is -0.117. The smallest absolute Gasteiger partial charge is 0.232 e. The Kier molecular flexibility index (Phi) is 4.75. The summed E-state index contributed by atoms with van der Waals surface area (Å²) in [6.07, 6.45) is 0. The minimum atomic E-state index is -0.352. The van der Waals surface area contributed by atoms with Gasteiger partial charge in [0, 0.05) is 25.8 Å². The zero-order chi connectivity index (χ0) is 22.9. The van der Waals surface area contributed by atoms with E-state index in [1.165, 1.54) is 0 Å². The number of halogens is 2. The number of phenols is 1. The largest absolute Gasteiger partial charge is 0.507 e. The van der Waals surface area contributed by atoms with Crippen molar-refractivity contribution in [3.63, 3.8) is 0 Å². The molecule has 1 aliphatic heterocycles. The molecule has 0 saturated heterocycles. The van der Waals surface area contributed by atoms with Crippen LogP contribution in [-0.2, 0) is 4.79 Å². The summed E-state index contributed by atoms with van der Waals surface area (Å²) in [6.45, 7) is 2.09. The average Bonchev–Trinajstić information content (AvgIpc) is 3.27. The molecule has 1 heterocycles. The Labute approximate surface area is 208 Å². The molecule has 3 nitrogen and oxygen atoms in total. The van der Waals surface area contributed by atoms with E-state index in [1.54, 1.807) is 0 Å². The second-order valence-electron chi connectivity index (χ2n) is 8.62. The van der Waals surface area contributed by atoms with Gasteiger partial charge in [0.05, 0.1) is 11.6 Å². The first-order valence-electron chi connectivity index (χ1n) is 10.8. The van der Waals surface area contributed by atoms with E-state index >= 15 is 0 Å². The predicted octanol–water partition coefficient (Wildman–Crippen LogP) is 7.73. The van der Waals surface area contributed by atoms with Crippen molar-refractivity contribution in [2.45, 2.75) is 18.8 Å². The second kappa shape index (κ2) is 7.57. The highest BCUT2D eigenvalue weighted by Crippen LogP contribution is 2.56. The van der Waals surface area contributed by atoms with Gasteiger partial charge in [0.1, 0.15) is 5.75 Å². The van der Waals surface area contributed by atoms with E-state index in [0.717, 1.165) is 58.8 Å². The number of hydrogen-bond acceptors (Lipinski definition) is 2. The average molecular weight is 561 g/mol. The van der Waals surface area contributed by atoms with Crippen molar-refractivity contribution in [2.24, 2.45) is 0 Å². The van der Waals surface area contributed by atoms with Gasteiger partial charge in [-0.1, -0.05) is 82.2 Å². The number of amides is 1. The summed E-state index contributed by atoms with van der Waals surface area (Å²) in [7, 11) is 0. The maximum atomic E-state index is 13.3. The van der Waals surface area contributed by atoms with Gasteiger partial charge in [0.2, 0.25) is 5.91 Å². The van der Waals surface area contributed by atoms with E-state index in [0.29, 0.717) is 0 Å². The van der Waals surface area contributed by atoms with E-state index in [1.807, 2.05) is 60.7 Å². The Hall–Kier alpha value is -2.89. The molecule has 0 spiro atoms. The van der Waals surface area contributed by atoms with Crippen LogP contribution in [0, 0.1) is 0 Å². The van der Waals surface area contributed by atoms with Gasteiger partial charge in [-0.2, -0.15) is 0 Å². The number of benzene rings is 4. The number of carbonyl (C=O) groups is 1. The Morgan fingerprint density at radius 2 is 1.61 bits per heavy atom. The van der Waals surface area contributed by atoms with Crippen LogP contribution < -0.4 is 5.32 Å². The van der Waals surface area contributed by atoms with Gasteiger partial charge in [0.15, 0.2) is 0 Å². The summed E-state index contributed by atoms with van der Waals surface area (Å²) in [4.78, 5) is 13.3. The quantitative estimate of drug-likeness (QED) is 0.263. The van der Waals surface area contributed by atoms with Crippen LogP contribution in [-0.4, -0.2) is 11.0 Å². The van der Waals surface area contributed by atoms with Crippen molar-refractivity contribution in [3.05, 3.63) is 110 Å². The Morgan fingerprint density at radius 3 is 2.45 bits per heavy atom. The van der Waals surface area contributed by atoms with Gasteiger partial charge in [-0.25, -0.2) is 0 Å². The molecule has 2 N–H and O–H groups in total. The lowest BCUT2D eigenvalue weighted by Gasteiger charge is -2.21. The molecule has 2 aliphatic rings. The molecule has 0 aromatic heterocycles. The molecule has 162 valence electrons. The number of allylic oxidation sites excluding steroid dienone is 1. The Balaban J connectivity index is 1.60. The fraction of sp³-hybridized carbons (Fsp3) is 0.107. The molecule has 2 unspecified atom stereocenters. The molecule has 5 heteroatoms. The fourth-order valence-corrected chi connectivity index (χ4v) is 6.84. The summed E-state index contributed by atoms with van der Waals surface area (Å²) >= 11 is 7.19. The van der Waals surface area contributed by atoms with Gasteiger partial charge < -0.3 is 10.4 Å². The molecule has 0 saturated carbocycles. The van der Waals surface area contributed by atoms with Crippen LogP contribution in [0.5, 0.6) is 5.75 Å². The van der Waals surface area contributed by atoms with Crippen molar-refractivity contribution in [1.29, 1.82) is 0 Å². The number of rotatable bonds is 2. The van der Waals surface area contributed by atoms with Crippen LogP contribution in [0.15, 0.2) is 87.3 Å². The molecule has 0 fully saturated rings. The number of anilines is 1. The fourth-order valence-electron chi connectivity index (χ4n) is 5.48. The van der Waals surface area contributed by atoms with Crippen molar-refractivity contribution in [1.82, 2.24) is 0 Å². The van der Waals surface area contributed by atoms with E-state index in [2.05, 4.69) is 56.2 Å². The van der Waals surface area contributed by atoms with Crippen molar-refractivity contribution in [3.8, 4) is 5.75 Å². The number of fused-ring (bicyclic) bond motifs is 3. The highest BCUT2D eigenvalue weighted by Gasteiger charge is 2.44. The van der Waals surface area contributed by atoms with E-state index in [9.17, 15) is 9.90 Å². The van der Waals surface area contributed by atoms with E-state index in [4.69, 9.17) is 0 Å². The molecule has 1 aliphatic carbocycles. The molecular formula is C28H19Br2NO2. The summed E-state index contributed by atoms with van der Waals surface area (Å²) < 4.78 is 1.79. The third-order valence-electron chi connectivity index (χ3n) is 6.88. The predicted molar refractivity (Wildman–Crippen MR) is 140 cm³/mol. The van der Waals surface area contributed by atoms with Gasteiger partial charge in [-0.15, -0.1) is 0 Å². The molecular weight excluding hydrogens is 542 g/mol. The summed E-state index contributed by atoms with van der Waals surface area (Å²) in [5.41, 5.74) is 6.89. The van der Waals surface area contributed by atoms with E-state index < -0.39 is 0 Å². The number of phenolic OH excluding ortho intramolecular Hbond substituents is 1. The van der Waals surface area contributed by atoms with Crippen molar-refractivity contribution < 1.29 is 9.90 Å². The monoisotopic (exact) mass is 559 g/mol. The van der Waals surface area contributed by atoms with Crippen molar-refractivity contribution >= 4 is 59.8 Å². The normalized spacial score (nSPS) is 19.1.